The van der Waals surface area contributed by atoms with Gasteiger partial charge in [0.1, 0.15) is 0 Å². The van der Waals surface area contributed by atoms with Crippen LogP contribution in [0.1, 0.15) is 18.5 Å². The Hall–Kier alpha value is -0.970. The number of hydrogen-bond donors (Lipinski definition) is 1. The maximum atomic E-state index is 6.07. The molecule has 1 unspecified atom stereocenters. The van der Waals surface area contributed by atoms with Gasteiger partial charge in [0.05, 0.1) is 0 Å². The molecule has 0 saturated heterocycles. The van der Waals surface area contributed by atoms with Crippen LogP contribution in [0.15, 0.2) is 24.4 Å². The van der Waals surface area contributed by atoms with Gasteiger partial charge in [0.25, 0.3) is 0 Å². The van der Waals surface area contributed by atoms with Crippen molar-refractivity contribution in [3.63, 3.8) is 0 Å². The normalized spacial score (nSPS) is 12.9. The third-order valence-electron chi connectivity index (χ3n) is 2.95. The Bertz CT molecular complexity index is 305. The van der Waals surface area contributed by atoms with Crippen LogP contribution in [0.2, 0.25) is 0 Å². The smallest absolute Gasteiger partial charge is 0.0462 e. The summed E-state index contributed by atoms with van der Waals surface area (Å²) in [5, 5.41) is 0. The van der Waals surface area contributed by atoms with E-state index in [0.29, 0.717) is 0 Å². The summed E-state index contributed by atoms with van der Waals surface area (Å²) in [4.78, 5) is 6.59. The van der Waals surface area contributed by atoms with E-state index in [0.717, 1.165) is 44.7 Å². The first kappa shape index (κ1) is 15.1. The average molecular weight is 251 g/mol. The minimum atomic E-state index is 0.230. The van der Waals surface area contributed by atoms with E-state index in [1.54, 1.807) is 7.11 Å². The largest absolute Gasteiger partial charge is 0.385 e. The zero-order chi connectivity index (χ0) is 13.2. The highest BCUT2D eigenvalue weighted by Gasteiger charge is 2.07. The summed E-state index contributed by atoms with van der Waals surface area (Å²) in [6.45, 7) is 2.72. The van der Waals surface area contributed by atoms with Crippen molar-refractivity contribution >= 4 is 0 Å². The minimum Gasteiger partial charge on any atom is -0.385 e. The van der Waals surface area contributed by atoms with Crippen molar-refractivity contribution in [2.75, 3.05) is 33.9 Å². The van der Waals surface area contributed by atoms with E-state index in [1.165, 1.54) is 0 Å². The summed E-state index contributed by atoms with van der Waals surface area (Å²) in [5.74, 6) is 0. The number of nitrogens with zero attached hydrogens (tertiary/aromatic N) is 2. The molecule has 1 atom stereocenters. The Morgan fingerprint density at radius 3 is 2.94 bits per heavy atom. The summed E-state index contributed by atoms with van der Waals surface area (Å²) >= 11 is 0. The Kier molecular flexibility index (Phi) is 7.57. The van der Waals surface area contributed by atoms with Gasteiger partial charge in [-0.2, -0.15) is 0 Å². The first-order chi connectivity index (χ1) is 8.72. The molecule has 0 aliphatic rings. The number of methoxy groups -OCH3 is 1. The third-order valence-corrected chi connectivity index (χ3v) is 2.95. The number of ether oxygens (including phenoxy) is 1. The van der Waals surface area contributed by atoms with Gasteiger partial charge in [0.15, 0.2) is 0 Å². The summed E-state index contributed by atoms with van der Waals surface area (Å²) in [6, 6.07) is 6.26. The van der Waals surface area contributed by atoms with Gasteiger partial charge in [-0.1, -0.05) is 6.07 Å². The van der Waals surface area contributed by atoms with Crippen LogP contribution in [0.3, 0.4) is 0 Å². The summed E-state index contributed by atoms with van der Waals surface area (Å²) in [7, 11) is 3.84. The highest BCUT2D eigenvalue weighted by molar-refractivity contribution is 5.03. The van der Waals surface area contributed by atoms with Crippen molar-refractivity contribution in [2.45, 2.75) is 25.3 Å². The Labute approximate surface area is 110 Å². The lowest BCUT2D eigenvalue weighted by Crippen LogP contribution is -2.36. The number of pyridine rings is 1. The highest BCUT2D eigenvalue weighted by atomic mass is 16.5. The van der Waals surface area contributed by atoms with Crippen molar-refractivity contribution < 1.29 is 4.74 Å². The first-order valence-corrected chi connectivity index (χ1v) is 6.55. The van der Waals surface area contributed by atoms with E-state index in [2.05, 4.69) is 23.0 Å². The van der Waals surface area contributed by atoms with Crippen LogP contribution in [0.5, 0.6) is 0 Å². The molecule has 0 amide bonds. The molecule has 18 heavy (non-hydrogen) atoms. The number of nitrogens with two attached hydrogens (primary N) is 1. The third kappa shape index (κ3) is 6.69. The number of hydrogen-bond acceptors (Lipinski definition) is 4. The van der Waals surface area contributed by atoms with Gasteiger partial charge in [-0.15, -0.1) is 0 Å². The van der Waals surface area contributed by atoms with Gasteiger partial charge < -0.3 is 15.4 Å². The van der Waals surface area contributed by atoms with Gasteiger partial charge in [0, 0.05) is 51.2 Å². The quantitative estimate of drug-likeness (QED) is 0.672. The molecule has 1 aromatic rings. The molecule has 0 aliphatic carbocycles. The van der Waals surface area contributed by atoms with E-state index < -0.39 is 0 Å². The summed E-state index contributed by atoms with van der Waals surface area (Å²) in [5.41, 5.74) is 7.21. The fourth-order valence-electron chi connectivity index (χ4n) is 1.92. The molecule has 2 N–H and O–H groups in total. The zero-order valence-electron chi connectivity index (χ0n) is 11.5. The topological polar surface area (TPSA) is 51.4 Å². The van der Waals surface area contributed by atoms with Crippen molar-refractivity contribution in [2.24, 2.45) is 5.73 Å². The van der Waals surface area contributed by atoms with Crippen LogP contribution in [-0.4, -0.2) is 49.8 Å². The molecule has 0 saturated carbocycles. The first-order valence-electron chi connectivity index (χ1n) is 6.55. The predicted octanol–water partition coefficient (Wildman–Crippen LogP) is 1.31. The number of rotatable bonds is 9. The Morgan fingerprint density at radius 1 is 1.44 bits per heavy atom. The van der Waals surface area contributed by atoms with Gasteiger partial charge in [-0.25, -0.2) is 0 Å². The molecule has 0 spiro atoms. The van der Waals surface area contributed by atoms with E-state index >= 15 is 0 Å². The van der Waals surface area contributed by atoms with Crippen LogP contribution < -0.4 is 5.73 Å². The van der Waals surface area contributed by atoms with Gasteiger partial charge >= 0.3 is 0 Å². The van der Waals surface area contributed by atoms with E-state index in [1.807, 2.05) is 18.3 Å². The van der Waals surface area contributed by atoms with Crippen LogP contribution >= 0.6 is 0 Å². The molecule has 1 aromatic heterocycles. The molecule has 0 radical (unpaired) electrons. The second kappa shape index (κ2) is 9.03. The van der Waals surface area contributed by atoms with Crippen molar-refractivity contribution in [1.29, 1.82) is 0 Å². The average Bonchev–Trinajstić information content (AvgIpc) is 2.38. The standard InChI is InChI=1S/C14H25N3O/c1-17(12-13(15)6-5-11-18-2)10-8-14-7-3-4-9-16-14/h3-4,7,9,13H,5-6,8,10-12,15H2,1-2H3. The summed E-state index contributed by atoms with van der Waals surface area (Å²) in [6.07, 6.45) is 4.86. The maximum absolute atomic E-state index is 6.07. The molecule has 0 aromatic carbocycles. The molecule has 0 bridgehead atoms. The zero-order valence-corrected chi connectivity index (χ0v) is 11.5. The molecule has 1 heterocycles. The molecule has 1 rings (SSSR count). The van der Waals surface area contributed by atoms with Crippen molar-refractivity contribution in [3.05, 3.63) is 30.1 Å². The predicted molar refractivity (Wildman–Crippen MR) is 74.5 cm³/mol. The number of likely N-dealkylation sites (N-methyl/N-ethyl adjacent to an activating group) is 1. The highest BCUT2D eigenvalue weighted by Crippen LogP contribution is 2.00. The van der Waals surface area contributed by atoms with E-state index in [9.17, 15) is 0 Å². The molecule has 102 valence electrons. The molecule has 0 aliphatic heterocycles. The summed E-state index contributed by atoms with van der Waals surface area (Å²) < 4.78 is 5.03. The van der Waals surface area contributed by atoms with E-state index in [-0.39, 0.29) is 6.04 Å². The SMILES string of the molecule is COCCCC(N)CN(C)CCc1ccccn1. The lowest BCUT2D eigenvalue weighted by molar-refractivity contribution is 0.187. The minimum absolute atomic E-state index is 0.230. The fourth-order valence-corrected chi connectivity index (χ4v) is 1.92. The molecule has 4 nitrogen and oxygen atoms in total. The van der Waals surface area contributed by atoms with Crippen LogP contribution in [0.25, 0.3) is 0 Å². The van der Waals surface area contributed by atoms with Gasteiger partial charge in [0.2, 0.25) is 0 Å². The number of aromatic nitrogens is 1. The van der Waals surface area contributed by atoms with Crippen LogP contribution in [-0.2, 0) is 11.2 Å². The lowest BCUT2D eigenvalue weighted by Gasteiger charge is -2.21. The molecular formula is C14H25N3O. The van der Waals surface area contributed by atoms with Crippen LogP contribution in [0, 0.1) is 0 Å². The second-order valence-electron chi connectivity index (χ2n) is 4.73. The van der Waals surface area contributed by atoms with Gasteiger partial charge in [-0.05, 0) is 32.0 Å². The lowest BCUT2D eigenvalue weighted by atomic mass is 10.1. The fraction of sp³-hybridized carbons (Fsp3) is 0.643. The maximum Gasteiger partial charge on any atom is 0.0462 e. The second-order valence-corrected chi connectivity index (χ2v) is 4.73. The monoisotopic (exact) mass is 251 g/mol. The van der Waals surface area contributed by atoms with Crippen LogP contribution in [0.4, 0.5) is 0 Å². The van der Waals surface area contributed by atoms with Crippen molar-refractivity contribution in [3.8, 4) is 0 Å². The molecular weight excluding hydrogens is 226 g/mol. The van der Waals surface area contributed by atoms with E-state index in [4.69, 9.17) is 10.5 Å². The molecule has 0 fully saturated rings. The molecule has 4 heteroatoms. The van der Waals surface area contributed by atoms with Gasteiger partial charge in [-0.3, -0.25) is 4.98 Å². The Balaban J connectivity index is 2.15. The van der Waals surface area contributed by atoms with Crippen molar-refractivity contribution in [1.82, 2.24) is 9.88 Å². The Morgan fingerprint density at radius 2 is 2.28 bits per heavy atom.